The molecule has 0 aromatic carbocycles. The lowest BCUT2D eigenvalue weighted by molar-refractivity contribution is -0.140. The number of hydrogen-bond donors (Lipinski definition) is 1. The zero-order valence-electron chi connectivity index (χ0n) is 9.00. The van der Waals surface area contributed by atoms with Gasteiger partial charge < -0.3 is 5.11 Å². The minimum Gasteiger partial charge on any atom is -0.396 e. The standard InChI is InChI=1S/C12H15NO3/c14-5-1-4-13-11(15)9-7-2-3-8(6-7)10(9)12(13)16/h2-3,7-10,14H,1,4-6H2/t7-,8-,9+,10+/m0/s1. The molecule has 86 valence electrons. The number of fused-ring (bicyclic) bond motifs is 5. The molecule has 3 rings (SSSR count). The molecule has 0 aromatic heterocycles. The van der Waals surface area contributed by atoms with Crippen LogP contribution in [0, 0.1) is 23.7 Å². The van der Waals surface area contributed by atoms with Gasteiger partial charge in [-0.25, -0.2) is 0 Å². The molecule has 2 bridgehead atoms. The fraction of sp³-hybridized carbons (Fsp3) is 0.667. The van der Waals surface area contributed by atoms with Crippen LogP contribution in [0.2, 0.25) is 0 Å². The molecule has 1 N–H and O–H groups in total. The van der Waals surface area contributed by atoms with Gasteiger partial charge in [0, 0.05) is 13.2 Å². The van der Waals surface area contributed by atoms with Crippen molar-refractivity contribution in [1.82, 2.24) is 4.90 Å². The van der Waals surface area contributed by atoms with Gasteiger partial charge in [-0.2, -0.15) is 0 Å². The largest absolute Gasteiger partial charge is 0.396 e. The van der Waals surface area contributed by atoms with Crippen LogP contribution in [0.4, 0.5) is 0 Å². The minimum absolute atomic E-state index is 0.0136. The van der Waals surface area contributed by atoms with Crippen molar-refractivity contribution in [3.63, 3.8) is 0 Å². The predicted molar refractivity (Wildman–Crippen MR) is 56.1 cm³/mol. The second-order valence-electron chi connectivity index (χ2n) is 4.91. The van der Waals surface area contributed by atoms with Crippen molar-refractivity contribution >= 4 is 11.8 Å². The van der Waals surface area contributed by atoms with Gasteiger partial charge in [-0.1, -0.05) is 12.2 Å². The molecule has 2 fully saturated rings. The Balaban J connectivity index is 1.83. The number of carbonyl (C=O) groups is 2. The van der Waals surface area contributed by atoms with Crippen LogP contribution < -0.4 is 0 Å². The Morgan fingerprint density at radius 2 is 1.75 bits per heavy atom. The third-order valence-electron chi connectivity index (χ3n) is 4.10. The van der Waals surface area contributed by atoms with E-state index >= 15 is 0 Å². The van der Waals surface area contributed by atoms with Crippen molar-refractivity contribution in [1.29, 1.82) is 0 Å². The molecular formula is C12H15NO3. The van der Waals surface area contributed by atoms with Crippen LogP contribution in [0.5, 0.6) is 0 Å². The Labute approximate surface area is 93.9 Å². The van der Waals surface area contributed by atoms with Gasteiger partial charge in [-0.3, -0.25) is 14.5 Å². The van der Waals surface area contributed by atoms with Crippen LogP contribution in [-0.4, -0.2) is 35.0 Å². The highest BCUT2D eigenvalue weighted by Gasteiger charge is 2.58. The van der Waals surface area contributed by atoms with Crippen LogP contribution in [0.25, 0.3) is 0 Å². The van der Waals surface area contributed by atoms with E-state index in [0.29, 0.717) is 13.0 Å². The monoisotopic (exact) mass is 221 g/mol. The van der Waals surface area contributed by atoms with E-state index in [9.17, 15) is 9.59 Å². The highest BCUT2D eigenvalue weighted by Crippen LogP contribution is 2.52. The highest BCUT2D eigenvalue weighted by atomic mass is 16.3. The summed E-state index contributed by atoms with van der Waals surface area (Å²) in [5.41, 5.74) is 0. The Morgan fingerprint density at radius 1 is 1.19 bits per heavy atom. The number of amides is 2. The first-order chi connectivity index (χ1) is 7.74. The van der Waals surface area contributed by atoms with Gasteiger partial charge in [0.2, 0.25) is 11.8 Å². The molecule has 0 spiro atoms. The second kappa shape index (κ2) is 3.42. The van der Waals surface area contributed by atoms with Crippen LogP contribution in [0.1, 0.15) is 12.8 Å². The van der Waals surface area contributed by atoms with Crippen LogP contribution >= 0.6 is 0 Å². The van der Waals surface area contributed by atoms with Gasteiger partial charge in [0.25, 0.3) is 0 Å². The summed E-state index contributed by atoms with van der Waals surface area (Å²) in [6.45, 7) is 0.401. The molecule has 1 heterocycles. The van der Waals surface area contributed by atoms with Crippen LogP contribution in [0.15, 0.2) is 12.2 Å². The second-order valence-corrected chi connectivity index (χ2v) is 4.91. The van der Waals surface area contributed by atoms with E-state index in [1.165, 1.54) is 4.90 Å². The summed E-state index contributed by atoms with van der Waals surface area (Å²) in [4.78, 5) is 25.5. The fourth-order valence-electron chi connectivity index (χ4n) is 3.41. The molecule has 4 atom stereocenters. The Kier molecular flexibility index (Phi) is 2.14. The number of imide groups is 1. The highest BCUT2D eigenvalue weighted by molar-refractivity contribution is 6.06. The van der Waals surface area contributed by atoms with Gasteiger partial charge in [0.1, 0.15) is 0 Å². The Hall–Kier alpha value is -1.16. The van der Waals surface area contributed by atoms with Crippen molar-refractivity contribution in [3.05, 3.63) is 12.2 Å². The van der Waals surface area contributed by atoms with Crippen molar-refractivity contribution < 1.29 is 14.7 Å². The Bertz CT molecular complexity index is 346. The fourth-order valence-corrected chi connectivity index (χ4v) is 3.41. The van der Waals surface area contributed by atoms with Crippen LogP contribution in [-0.2, 0) is 9.59 Å². The SMILES string of the molecule is O=C1[C@H]2[C@H](C(=O)N1CCCO)[C@H]1C=C[C@H]2C1. The van der Waals surface area contributed by atoms with E-state index in [1.807, 2.05) is 0 Å². The quantitative estimate of drug-likeness (QED) is 0.546. The van der Waals surface area contributed by atoms with Gasteiger partial charge in [0.05, 0.1) is 11.8 Å². The summed E-state index contributed by atoms with van der Waals surface area (Å²) in [6.07, 6.45) is 5.64. The molecule has 1 aliphatic heterocycles. The van der Waals surface area contributed by atoms with E-state index in [1.54, 1.807) is 0 Å². The molecule has 16 heavy (non-hydrogen) atoms. The summed E-state index contributed by atoms with van der Waals surface area (Å²) in [5.74, 6) is 0.346. The topological polar surface area (TPSA) is 57.6 Å². The number of nitrogens with zero attached hydrogens (tertiary/aromatic N) is 1. The van der Waals surface area contributed by atoms with Crippen molar-refractivity contribution in [2.24, 2.45) is 23.7 Å². The lowest BCUT2D eigenvalue weighted by Gasteiger charge is -2.16. The molecule has 2 amide bonds. The first-order valence-electron chi connectivity index (χ1n) is 5.88. The average molecular weight is 221 g/mol. The van der Waals surface area contributed by atoms with Gasteiger partial charge in [0.15, 0.2) is 0 Å². The third-order valence-corrected chi connectivity index (χ3v) is 4.10. The molecular weight excluding hydrogens is 206 g/mol. The maximum absolute atomic E-state index is 12.1. The number of aliphatic hydroxyl groups is 1. The summed E-state index contributed by atoms with van der Waals surface area (Å²) in [6, 6.07) is 0. The lowest BCUT2D eigenvalue weighted by atomic mass is 9.85. The molecule has 1 saturated carbocycles. The van der Waals surface area contributed by atoms with E-state index in [0.717, 1.165) is 6.42 Å². The molecule has 4 heteroatoms. The summed E-state index contributed by atoms with van der Waals surface area (Å²) in [7, 11) is 0. The molecule has 0 unspecified atom stereocenters. The number of allylic oxidation sites excluding steroid dienone is 2. The molecule has 0 aromatic rings. The number of hydrogen-bond acceptors (Lipinski definition) is 3. The van der Waals surface area contributed by atoms with Gasteiger partial charge in [-0.15, -0.1) is 0 Å². The summed E-state index contributed by atoms with van der Waals surface area (Å²) < 4.78 is 0. The maximum atomic E-state index is 12.1. The number of likely N-dealkylation sites (tertiary alicyclic amines) is 1. The number of rotatable bonds is 3. The van der Waals surface area contributed by atoms with Crippen LogP contribution in [0.3, 0.4) is 0 Å². The Morgan fingerprint density at radius 3 is 2.25 bits per heavy atom. The zero-order chi connectivity index (χ0) is 11.3. The summed E-state index contributed by atoms with van der Waals surface area (Å²) in [5, 5.41) is 8.76. The van der Waals surface area contributed by atoms with E-state index in [2.05, 4.69) is 12.2 Å². The maximum Gasteiger partial charge on any atom is 0.233 e. The number of aliphatic hydroxyl groups excluding tert-OH is 1. The van der Waals surface area contributed by atoms with E-state index in [-0.39, 0.29) is 42.1 Å². The van der Waals surface area contributed by atoms with E-state index in [4.69, 9.17) is 5.11 Å². The van der Waals surface area contributed by atoms with Crippen molar-refractivity contribution in [2.75, 3.05) is 13.2 Å². The minimum atomic E-state index is -0.0961. The predicted octanol–water partition coefficient (Wildman–Crippen LogP) is 0.176. The zero-order valence-corrected chi connectivity index (χ0v) is 9.00. The molecule has 4 nitrogen and oxygen atoms in total. The van der Waals surface area contributed by atoms with Gasteiger partial charge in [-0.05, 0) is 24.7 Å². The third kappa shape index (κ3) is 1.13. The molecule has 1 saturated heterocycles. The lowest BCUT2D eigenvalue weighted by Crippen LogP contribution is -2.34. The molecule has 2 aliphatic carbocycles. The average Bonchev–Trinajstić information content (AvgIpc) is 2.92. The van der Waals surface area contributed by atoms with Gasteiger partial charge >= 0.3 is 0 Å². The van der Waals surface area contributed by atoms with E-state index < -0.39 is 0 Å². The molecule has 3 aliphatic rings. The summed E-state index contributed by atoms with van der Waals surface area (Å²) >= 11 is 0. The first-order valence-corrected chi connectivity index (χ1v) is 5.88. The van der Waals surface area contributed by atoms with Crippen molar-refractivity contribution in [3.8, 4) is 0 Å². The number of carbonyl (C=O) groups excluding carboxylic acids is 2. The molecule has 0 radical (unpaired) electrons. The van der Waals surface area contributed by atoms with Crippen molar-refractivity contribution in [2.45, 2.75) is 12.8 Å². The normalized spacial score (nSPS) is 39.9. The smallest absolute Gasteiger partial charge is 0.233 e. The first kappa shape index (κ1) is 10.0.